The van der Waals surface area contributed by atoms with Crippen LogP contribution in [-0.2, 0) is 9.53 Å². The third-order valence-corrected chi connectivity index (χ3v) is 2.79. The summed E-state index contributed by atoms with van der Waals surface area (Å²) in [5.41, 5.74) is 1.08. The predicted octanol–water partition coefficient (Wildman–Crippen LogP) is 2.82. The molecule has 0 aromatic carbocycles. The normalized spacial score (nSPS) is 12.5. The lowest BCUT2D eigenvalue weighted by Crippen LogP contribution is -2.26. The first-order chi connectivity index (χ1) is 6.94. The van der Waals surface area contributed by atoms with Crippen molar-refractivity contribution in [1.82, 2.24) is 0 Å². The summed E-state index contributed by atoms with van der Waals surface area (Å²) in [6, 6.07) is 0. The van der Waals surface area contributed by atoms with Gasteiger partial charge in [-0.25, -0.2) is 0 Å². The maximum Gasteiger partial charge on any atom is 0.310 e. The standard InChI is InChI=1S/C12H23BO2/c1-6-10(2)7-8-13-9-12(3,4)11(14)15-5/h7,13H,6,8-9H2,1-5H3/b10-7+. The van der Waals surface area contributed by atoms with E-state index >= 15 is 0 Å². The van der Waals surface area contributed by atoms with Crippen LogP contribution in [0, 0.1) is 5.41 Å². The van der Waals surface area contributed by atoms with E-state index in [1.54, 1.807) is 0 Å². The van der Waals surface area contributed by atoms with Gasteiger partial charge in [-0.05, 0) is 13.3 Å². The number of hydrogen-bond donors (Lipinski definition) is 0. The molecule has 3 heteroatoms. The molecule has 0 unspecified atom stereocenters. The van der Waals surface area contributed by atoms with Gasteiger partial charge in [0.05, 0.1) is 12.5 Å². The average Bonchev–Trinajstić information content (AvgIpc) is 2.22. The fraction of sp³-hybridized carbons (Fsp3) is 0.750. The molecule has 0 spiro atoms. The number of hydrogen-bond acceptors (Lipinski definition) is 2. The Balaban J connectivity index is 3.90. The molecule has 0 amide bonds. The van der Waals surface area contributed by atoms with E-state index in [2.05, 4.69) is 19.9 Å². The van der Waals surface area contributed by atoms with Crippen molar-refractivity contribution in [2.45, 2.75) is 46.8 Å². The van der Waals surface area contributed by atoms with Crippen LogP contribution in [-0.4, -0.2) is 20.4 Å². The molecule has 86 valence electrons. The molecule has 0 aliphatic rings. The lowest BCUT2D eigenvalue weighted by atomic mass is 9.62. The first-order valence-corrected chi connectivity index (χ1v) is 5.68. The molecule has 0 aliphatic carbocycles. The Morgan fingerprint density at radius 1 is 1.47 bits per heavy atom. The second-order valence-corrected chi connectivity index (χ2v) is 4.67. The monoisotopic (exact) mass is 210 g/mol. The van der Waals surface area contributed by atoms with Crippen molar-refractivity contribution >= 4 is 13.2 Å². The van der Waals surface area contributed by atoms with Crippen LogP contribution in [0.2, 0.25) is 12.6 Å². The first kappa shape index (κ1) is 14.3. The topological polar surface area (TPSA) is 26.3 Å². The number of carbonyl (C=O) groups is 1. The van der Waals surface area contributed by atoms with E-state index in [0.717, 1.165) is 26.3 Å². The molecule has 0 heterocycles. The summed E-state index contributed by atoms with van der Waals surface area (Å²) in [7, 11) is 2.49. The van der Waals surface area contributed by atoms with E-state index in [0.29, 0.717) is 0 Å². The molecule has 0 aromatic heterocycles. The maximum atomic E-state index is 11.4. The zero-order valence-electron chi connectivity index (χ0n) is 10.7. The van der Waals surface area contributed by atoms with Crippen molar-refractivity contribution in [3.05, 3.63) is 11.6 Å². The van der Waals surface area contributed by atoms with Crippen molar-refractivity contribution in [1.29, 1.82) is 0 Å². The number of allylic oxidation sites excluding steroid dienone is 2. The van der Waals surface area contributed by atoms with Gasteiger partial charge < -0.3 is 4.74 Å². The number of rotatable bonds is 6. The van der Waals surface area contributed by atoms with Gasteiger partial charge in [-0.3, -0.25) is 4.79 Å². The van der Waals surface area contributed by atoms with Crippen molar-refractivity contribution in [2.75, 3.05) is 7.11 Å². The van der Waals surface area contributed by atoms with E-state index in [1.807, 2.05) is 13.8 Å². The Morgan fingerprint density at radius 3 is 2.53 bits per heavy atom. The molecule has 0 fully saturated rings. The maximum absolute atomic E-state index is 11.4. The fourth-order valence-corrected chi connectivity index (χ4v) is 1.42. The summed E-state index contributed by atoms with van der Waals surface area (Å²) < 4.78 is 4.76. The minimum Gasteiger partial charge on any atom is -0.469 e. The summed E-state index contributed by atoms with van der Waals surface area (Å²) >= 11 is 0. The minimum atomic E-state index is -0.345. The highest BCUT2D eigenvalue weighted by Crippen LogP contribution is 2.22. The summed E-state index contributed by atoms with van der Waals surface area (Å²) in [6.45, 7) is 8.18. The van der Waals surface area contributed by atoms with Crippen molar-refractivity contribution < 1.29 is 9.53 Å². The molecule has 0 bridgehead atoms. The molecule has 0 saturated heterocycles. The molecule has 0 rings (SSSR count). The zero-order valence-corrected chi connectivity index (χ0v) is 10.7. The molecule has 0 aliphatic heterocycles. The molecule has 15 heavy (non-hydrogen) atoms. The summed E-state index contributed by atoms with van der Waals surface area (Å²) in [5.74, 6) is -0.112. The highest BCUT2D eigenvalue weighted by molar-refractivity contribution is 6.37. The Morgan fingerprint density at radius 2 is 2.07 bits per heavy atom. The molecule has 0 saturated carbocycles. The average molecular weight is 210 g/mol. The lowest BCUT2D eigenvalue weighted by Gasteiger charge is -2.20. The van der Waals surface area contributed by atoms with E-state index in [4.69, 9.17) is 4.74 Å². The van der Waals surface area contributed by atoms with Crippen LogP contribution < -0.4 is 0 Å². The van der Waals surface area contributed by atoms with E-state index in [-0.39, 0.29) is 11.4 Å². The van der Waals surface area contributed by atoms with Gasteiger partial charge in [-0.15, -0.1) is 0 Å². The first-order valence-electron chi connectivity index (χ1n) is 5.68. The lowest BCUT2D eigenvalue weighted by molar-refractivity contribution is -0.149. The second kappa shape index (κ2) is 6.70. The minimum absolute atomic E-state index is 0.112. The van der Waals surface area contributed by atoms with E-state index in [9.17, 15) is 4.79 Å². The van der Waals surface area contributed by atoms with Crippen LogP contribution in [0.4, 0.5) is 0 Å². The molecular weight excluding hydrogens is 187 g/mol. The quantitative estimate of drug-likeness (QED) is 0.291. The van der Waals surface area contributed by atoms with Gasteiger partial charge in [0, 0.05) is 0 Å². The number of esters is 1. The molecule has 0 atom stereocenters. The van der Waals surface area contributed by atoms with Crippen molar-refractivity contribution in [3.8, 4) is 0 Å². The van der Waals surface area contributed by atoms with Crippen molar-refractivity contribution in [2.24, 2.45) is 5.41 Å². The number of methoxy groups -OCH3 is 1. The van der Waals surface area contributed by atoms with Crippen LogP contribution in [0.3, 0.4) is 0 Å². The number of ether oxygens (including phenoxy) is 1. The smallest absolute Gasteiger partial charge is 0.310 e. The van der Waals surface area contributed by atoms with Crippen LogP contribution in [0.5, 0.6) is 0 Å². The third kappa shape index (κ3) is 5.65. The van der Waals surface area contributed by atoms with Gasteiger partial charge in [-0.1, -0.05) is 45.1 Å². The Labute approximate surface area is 94.3 Å². The third-order valence-electron chi connectivity index (χ3n) is 2.79. The van der Waals surface area contributed by atoms with Crippen LogP contribution >= 0.6 is 0 Å². The second-order valence-electron chi connectivity index (χ2n) is 4.67. The number of carbonyl (C=O) groups excluding carboxylic acids is 1. The molecule has 0 N–H and O–H groups in total. The zero-order chi connectivity index (χ0) is 11.9. The van der Waals surface area contributed by atoms with Gasteiger partial charge in [-0.2, -0.15) is 0 Å². The summed E-state index contributed by atoms with van der Waals surface area (Å²) in [4.78, 5) is 11.4. The van der Waals surface area contributed by atoms with Crippen LogP contribution in [0.15, 0.2) is 11.6 Å². The van der Waals surface area contributed by atoms with Crippen molar-refractivity contribution in [3.63, 3.8) is 0 Å². The van der Waals surface area contributed by atoms with Crippen LogP contribution in [0.25, 0.3) is 0 Å². The highest BCUT2D eigenvalue weighted by Gasteiger charge is 2.27. The fourth-order valence-electron chi connectivity index (χ4n) is 1.42. The van der Waals surface area contributed by atoms with E-state index in [1.165, 1.54) is 12.7 Å². The molecule has 2 nitrogen and oxygen atoms in total. The predicted molar refractivity (Wildman–Crippen MR) is 66.6 cm³/mol. The van der Waals surface area contributed by atoms with Crippen LogP contribution in [0.1, 0.15) is 34.1 Å². The summed E-state index contributed by atoms with van der Waals surface area (Å²) in [6.07, 6.45) is 5.31. The Bertz CT molecular complexity index is 232. The Hall–Kier alpha value is -0.725. The SMILES string of the molecule is CC/C(C)=C/CBCC(C)(C)C(=O)OC. The molecular formula is C12H23BO2. The molecule has 0 aromatic rings. The Kier molecular flexibility index (Phi) is 6.38. The van der Waals surface area contributed by atoms with Gasteiger partial charge in [0.1, 0.15) is 7.28 Å². The molecule has 0 radical (unpaired) electrons. The van der Waals surface area contributed by atoms with Gasteiger partial charge in [0.15, 0.2) is 0 Å². The van der Waals surface area contributed by atoms with Gasteiger partial charge >= 0.3 is 5.97 Å². The van der Waals surface area contributed by atoms with Gasteiger partial charge in [0.25, 0.3) is 0 Å². The van der Waals surface area contributed by atoms with Gasteiger partial charge in [0.2, 0.25) is 0 Å². The van der Waals surface area contributed by atoms with E-state index < -0.39 is 0 Å². The highest BCUT2D eigenvalue weighted by atomic mass is 16.5. The largest absolute Gasteiger partial charge is 0.469 e. The summed E-state index contributed by atoms with van der Waals surface area (Å²) in [5, 5.41) is 0.